The molecule has 0 N–H and O–H groups in total. The van der Waals surface area contributed by atoms with Crippen LogP contribution in [0.3, 0.4) is 0 Å². The van der Waals surface area contributed by atoms with Gasteiger partial charge in [0.1, 0.15) is 0 Å². The summed E-state index contributed by atoms with van der Waals surface area (Å²) in [6, 6.07) is 3.66. The zero-order chi connectivity index (χ0) is 19.4. The van der Waals surface area contributed by atoms with Crippen molar-refractivity contribution in [3.63, 3.8) is 0 Å². The Hall–Kier alpha value is -2.84. The van der Waals surface area contributed by atoms with Gasteiger partial charge in [0.15, 0.2) is 0 Å². The minimum Gasteiger partial charge on any atom is -0.318 e. The van der Waals surface area contributed by atoms with Gasteiger partial charge in [0, 0.05) is 17.5 Å². The lowest BCUT2D eigenvalue weighted by molar-refractivity contribution is -0.394. The molecule has 0 radical (unpaired) electrons. The second-order valence-corrected chi connectivity index (χ2v) is 7.03. The van der Waals surface area contributed by atoms with Gasteiger partial charge in [0.25, 0.3) is 11.4 Å². The van der Waals surface area contributed by atoms with Gasteiger partial charge < -0.3 is 4.84 Å². The second kappa shape index (κ2) is 8.24. The molecular weight excluding hydrogens is 354 g/mol. The van der Waals surface area contributed by atoms with Crippen molar-refractivity contribution in [1.82, 2.24) is 0 Å². The summed E-state index contributed by atoms with van der Waals surface area (Å²) in [6.45, 7) is 0. The fraction of sp³-hybridized carbons (Fsp3) is 0.556. The highest BCUT2D eigenvalue weighted by Crippen LogP contribution is 2.38. The molecule has 27 heavy (non-hydrogen) atoms. The Morgan fingerprint density at radius 2 is 1.74 bits per heavy atom. The smallest absolute Gasteiger partial charge is 0.318 e. The molecule has 144 valence electrons. The van der Waals surface area contributed by atoms with Crippen LogP contribution in [0.4, 0.5) is 11.4 Å². The van der Waals surface area contributed by atoms with Gasteiger partial charge in [-0.15, -0.1) is 0 Å². The molecule has 1 atom stereocenters. The highest BCUT2D eigenvalue weighted by Gasteiger charge is 2.31. The second-order valence-electron chi connectivity index (χ2n) is 7.03. The summed E-state index contributed by atoms with van der Waals surface area (Å²) in [7, 11) is 0. The third-order valence-corrected chi connectivity index (χ3v) is 5.32. The molecule has 0 saturated heterocycles. The Balaban J connectivity index is 1.86. The third-order valence-electron chi connectivity index (χ3n) is 5.32. The van der Waals surface area contributed by atoms with Crippen LogP contribution in [0, 0.1) is 26.1 Å². The molecule has 0 aromatic heterocycles. The van der Waals surface area contributed by atoms with E-state index in [4.69, 9.17) is 4.84 Å². The van der Waals surface area contributed by atoms with Gasteiger partial charge in [-0.3, -0.25) is 20.2 Å². The standard InChI is InChI=1S/C18H21N3O6/c22-18(12-5-1-2-6-12)27-19-16-8-4-3-7-14(16)15-10-9-13(20(23)24)11-17(15)21(25)26/h9-12,14H,1-8H2/b19-16+. The molecule has 1 aromatic carbocycles. The van der Waals surface area contributed by atoms with Crippen molar-refractivity contribution in [2.45, 2.75) is 57.3 Å². The summed E-state index contributed by atoms with van der Waals surface area (Å²) in [6.07, 6.45) is 6.55. The number of oxime groups is 1. The van der Waals surface area contributed by atoms with Gasteiger partial charge in [-0.1, -0.05) is 24.4 Å². The van der Waals surface area contributed by atoms with Crippen LogP contribution in [0.15, 0.2) is 23.4 Å². The Kier molecular flexibility index (Phi) is 5.78. The maximum atomic E-state index is 12.1. The number of nitro benzene ring substituents is 2. The Labute approximate surface area is 155 Å². The van der Waals surface area contributed by atoms with E-state index in [1.165, 1.54) is 12.1 Å². The normalized spacial score (nSPS) is 21.9. The lowest BCUT2D eigenvalue weighted by Gasteiger charge is -2.23. The topological polar surface area (TPSA) is 125 Å². The molecule has 0 aliphatic heterocycles. The first-order valence-corrected chi connectivity index (χ1v) is 9.17. The number of nitro groups is 2. The molecule has 1 aromatic rings. The van der Waals surface area contributed by atoms with Crippen LogP contribution < -0.4 is 0 Å². The number of carbonyl (C=O) groups excluding carboxylic acids is 1. The summed E-state index contributed by atoms with van der Waals surface area (Å²) < 4.78 is 0. The zero-order valence-electron chi connectivity index (χ0n) is 14.8. The zero-order valence-corrected chi connectivity index (χ0v) is 14.8. The van der Waals surface area contributed by atoms with E-state index in [1.54, 1.807) is 0 Å². The SMILES string of the molecule is O=C(O/N=C1\CCCCC1c1ccc([N+](=O)[O-])cc1[N+](=O)[O-])C1CCCC1. The number of non-ortho nitro benzene ring substituents is 1. The monoisotopic (exact) mass is 375 g/mol. The largest absolute Gasteiger partial charge is 0.338 e. The van der Waals surface area contributed by atoms with E-state index in [0.717, 1.165) is 44.6 Å². The Morgan fingerprint density at radius 1 is 1.04 bits per heavy atom. The maximum Gasteiger partial charge on any atom is 0.338 e. The maximum absolute atomic E-state index is 12.1. The van der Waals surface area contributed by atoms with E-state index in [1.807, 2.05) is 0 Å². The molecule has 1 unspecified atom stereocenters. The van der Waals surface area contributed by atoms with E-state index in [9.17, 15) is 25.0 Å². The van der Waals surface area contributed by atoms with Crippen LogP contribution in [-0.2, 0) is 9.63 Å². The first-order chi connectivity index (χ1) is 13.0. The van der Waals surface area contributed by atoms with Crippen molar-refractivity contribution in [1.29, 1.82) is 0 Å². The molecule has 0 amide bonds. The molecule has 9 nitrogen and oxygen atoms in total. The molecule has 2 saturated carbocycles. The fourth-order valence-corrected chi connectivity index (χ4v) is 3.88. The van der Waals surface area contributed by atoms with Crippen LogP contribution >= 0.6 is 0 Å². The van der Waals surface area contributed by atoms with Crippen molar-refractivity contribution in [3.05, 3.63) is 44.0 Å². The summed E-state index contributed by atoms with van der Waals surface area (Å²) >= 11 is 0. The number of hydrogen-bond donors (Lipinski definition) is 0. The Morgan fingerprint density at radius 3 is 2.41 bits per heavy atom. The molecular formula is C18H21N3O6. The summed E-state index contributed by atoms with van der Waals surface area (Å²) in [5, 5.41) is 26.4. The Bertz CT molecular complexity index is 785. The molecule has 0 heterocycles. The van der Waals surface area contributed by atoms with Crippen LogP contribution in [-0.4, -0.2) is 21.5 Å². The van der Waals surface area contributed by atoms with E-state index in [-0.39, 0.29) is 29.2 Å². The van der Waals surface area contributed by atoms with Crippen molar-refractivity contribution >= 4 is 23.1 Å². The minimum atomic E-state index is -0.657. The van der Waals surface area contributed by atoms with Crippen molar-refractivity contribution in [2.24, 2.45) is 11.1 Å². The molecule has 0 spiro atoms. The first-order valence-electron chi connectivity index (χ1n) is 9.17. The van der Waals surface area contributed by atoms with E-state index in [0.29, 0.717) is 24.1 Å². The predicted octanol–water partition coefficient (Wildman–Crippen LogP) is 4.25. The van der Waals surface area contributed by atoms with Gasteiger partial charge in [-0.25, -0.2) is 4.79 Å². The van der Waals surface area contributed by atoms with Crippen molar-refractivity contribution in [3.8, 4) is 0 Å². The molecule has 3 rings (SSSR count). The van der Waals surface area contributed by atoms with Gasteiger partial charge >= 0.3 is 5.97 Å². The highest BCUT2D eigenvalue weighted by molar-refractivity contribution is 5.92. The van der Waals surface area contributed by atoms with Gasteiger partial charge in [-0.05, 0) is 38.2 Å². The lowest BCUT2D eigenvalue weighted by atomic mass is 9.81. The summed E-state index contributed by atoms with van der Waals surface area (Å²) in [5.41, 5.74) is 0.337. The quantitative estimate of drug-likeness (QED) is 0.430. The van der Waals surface area contributed by atoms with E-state index < -0.39 is 9.85 Å². The van der Waals surface area contributed by atoms with Gasteiger partial charge in [-0.2, -0.15) is 0 Å². The molecule has 2 aliphatic rings. The molecule has 0 bridgehead atoms. The number of rotatable bonds is 5. The fourth-order valence-electron chi connectivity index (χ4n) is 3.88. The van der Waals surface area contributed by atoms with Crippen LogP contribution in [0.2, 0.25) is 0 Å². The van der Waals surface area contributed by atoms with Crippen LogP contribution in [0.25, 0.3) is 0 Å². The van der Waals surface area contributed by atoms with Crippen LogP contribution in [0.1, 0.15) is 62.8 Å². The average molecular weight is 375 g/mol. The summed E-state index contributed by atoms with van der Waals surface area (Å²) in [4.78, 5) is 38.4. The minimum absolute atomic E-state index is 0.120. The van der Waals surface area contributed by atoms with Crippen molar-refractivity contribution in [2.75, 3.05) is 0 Å². The summed E-state index contributed by atoms with van der Waals surface area (Å²) in [5.74, 6) is -0.844. The predicted molar refractivity (Wildman–Crippen MR) is 96.4 cm³/mol. The van der Waals surface area contributed by atoms with E-state index in [2.05, 4.69) is 5.16 Å². The average Bonchev–Trinajstić information content (AvgIpc) is 3.20. The number of benzene rings is 1. The molecule has 2 aliphatic carbocycles. The lowest BCUT2D eigenvalue weighted by Crippen LogP contribution is -2.21. The first kappa shape index (κ1) is 18.9. The number of hydrogen-bond acceptors (Lipinski definition) is 7. The van der Waals surface area contributed by atoms with Gasteiger partial charge in [0.05, 0.1) is 27.5 Å². The van der Waals surface area contributed by atoms with Gasteiger partial charge in [0.2, 0.25) is 0 Å². The molecule has 9 heteroatoms. The van der Waals surface area contributed by atoms with E-state index >= 15 is 0 Å². The van der Waals surface area contributed by atoms with Crippen molar-refractivity contribution < 1.29 is 19.5 Å². The number of carbonyl (C=O) groups is 1. The van der Waals surface area contributed by atoms with Crippen LogP contribution in [0.5, 0.6) is 0 Å². The third kappa shape index (κ3) is 4.29. The highest BCUT2D eigenvalue weighted by atomic mass is 16.7. The molecule has 2 fully saturated rings. The number of nitrogens with zero attached hydrogens (tertiary/aromatic N) is 3.